The Morgan fingerprint density at radius 2 is 1.95 bits per heavy atom. The third kappa shape index (κ3) is 3.76. The quantitative estimate of drug-likeness (QED) is 0.794. The van der Waals surface area contributed by atoms with Gasteiger partial charge in [0.2, 0.25) is 0 Å². The second-order valence-electron chi connectivity index (χ2n) is 6.02. The minimum absolute atomic E-state index is 0.506. The molecule has 1 N–H and O–H groups in total. The van der Waals surface area contributed by atoms with Crippen molar-refractivity contribution in [2.45, 2.75) is 52.5 Å². The van der Waals surface area contributed by atoms with Crippen molar-refractivity contribution in [2.24, 2.45) is 5.92 Å². The van der Waals surface area contributed by atoms with Crippen LogP contribution in [-0.2, 0) is 0 Å². The van der Waals surface area contributed by atoms with E-state index in [0.29, 0.717) is 6.04 Å². The van der Waals surface area contributed by atoms with Gasteiger partial charge in [0.25, 0.3) is 0 Å². The molecule has 0 saturated carbocycles. The summed E-state index contributed by atoms with van der Waals surface area (Å²) in [7, 11) is 0. The summed E-state index contributed by atoms with van der Waals surface area (Å²) in [5.74, 6) is 0.893. The van der Waals surface area contributed by atoms with Gasteiger partial charge in [-0.2, -0.15) is 0 Å². The van der Waals surface area contributed by atoms with E-state index in [1.54, 1.807) is 0 Å². The van der Waals surface area contributed by atoms with Crippen LogP contribution in [0.2, 0.25) is 0 Å². The SMILES string of the molecule is CCCNC(CC)c1ccc(N2CCC(CC)C2)cc1. The highest BCUT2D eigenvalue weighted by atomic mass is 15.1. The number of nitrogens with one attached hydrogen (secondary N) is 1. The van der Waals surface area contributed by atoms with Crippen molar-refractivity contribution in [3.05, 3.63) is 29.8 Å². The van der Waals surface area contributed by atoms with Crippen LogP contribution in [0.5, 0.6) is 0 Å². The Kier molecular flexibility index (Phi) is 5.90. The molecule has 0 amide bonds. The lowest BCUT2D eigenvalue weighted by molar-refractivity contribution is 0.518. The summed E-state index contributed by atoms with van der Waals surface area (Å²) in [6.45, 7) is 10.4. The Morgan fingerprint density at radius 1 is 1.20 bits per heavy atom. The molecule has 0 aromatic heterocycles. The molecule has 2 heteroatoms. The number of rotatable bonds is 7. The molecule has 0 spiro atoms. The van der Waals surface area contributed by atoms with Crippen molar-refractivity contribution in [3.8, 4) is 0 Å². The highest BCUT2D eigenvalue weighted by molar-refractivity contribution is 5.49. The fourth-order valence-electron chi connectivity index (χ4n) is 3.13. The van der Waals surface area contributed by atoms with E-state index in [1.807, 2.05) is 0 Å². The molecule has 1 heterocycles. The fraction of sp³-hybridized carbons (Fsp3) is 0.667. The van der Waals surface area contributed by atoms with E-state index in [-0.39, 0.29) is 0 Å². The number of nitrogens with zero attached hydrogens (tertiary/aromatic N) is 1. The molecule has 1 saturated heterocycles. The van der Waals surface area contributed by atoms with Crippen molar-refractivity contribution >= 4 is 5.69 Å². The minimum Gasteiger partial charge on any atom is -0.371 e. The van der Waals surface area contributed by atoms with Crippen LogP contribution in [0.25, 0.3) is 0 Å². The van der Waals surface area contributed by atoms with Crippen LogP contribution in [0.1, 0.15) is 58.1 Å². The van der Waals surface area contributed by atoms with E-state index >= 15 is 0 Å². The molecule has 1 aliphatic rings. The standard InChI is InChI=1S/C18H30N2/c1-4-12-19-18(6-3)16-7-9-17(10-8-16)20-13-11-15(5-2)14-20/h7-10,15,18-19H,4-6,11-14H2,1-3H3. The lowest BCUT2D eigenvalue weighted by atomic mass is 10.0. The van der Waals surface area contributed by atoms with Gasteiger partial charge in [-0.25, -0.2) is 0 Å². The van der Waals surface area contributed by atoms with Gasteiger partial charge in [-0.3, -0.25) is 0 Å². The smallest absolute Gasteiger partial charge is 0.0366 e. The maximum atomic E-state index is 3.63. The van der Waals surface area contributed by atoms with Gasteiger partial charge in [-0.05, 0) is 49.4 Å². The largest absolute Gasteiger partial charge is 0.371 e. The molecule has 1 aliphatic heterocycles. The molecule has 2 rings (SSSR count). The zero-order chi connectivity index (χ0) is 14.4. The van der Waals surface area contributed by atoms with Crippen LogP contribution < -0.4 is 10.2 Å². The van der Waals surface area contributed by atoms with E-state index in [2.05, 4.69) is 55.3 Å². The highest BCUT2D eigenvalue weighted by Crippen LogP contribution is 2.27. The van der Waals surface area contributed by atoms with E-state index in [9.17, 15) is 0 Å². The van der Waals surface area contributed by atoms with E-state index in [0.717, 1.165) is 18.9 Å². The van der Waals surface area contributed by atoms with Gasteiger partial charge in [0, 0.05) is 24.8 Å². The third-order valence-corrected chi connectivity index (χ3v) is 4.57. The summed E-state index contributed by atoms with van der Waals surface area (Å²) in [4.78, 5) is 2.54. The number of benzene rings is 1. The first-order valence-electron chi connectivity index (χ1n) is 8.36. The van der Waals surface area contributed by atoms with Crippen LogP contribution in [0.3, 0.4) is 0 Å². The van der Waals surface area contributed by atoms with Gasteiger partial charge in [0.1, 0.15) is 0 Å². The van der Waals surface area contributed by atoms with Gasteiger partial charge < -0.3 is 10.2 Å². The molecule has 1 aromatic rings. The van der Waals surface area contributed by atoms with Crippen molar-refractivity contribution in [1.29, 1.82) is 0 Å². The molecular formula is C18H30N2. The average molecular weight is 274 g/mol. The Labute approximate surface area is 124 Å². The summed E-state index contributed by atoms with van der Waals surface area (Å²) in [5, 5.41) is 3.63. The average Bonchev–Trinajstić information content (AvgIpc) is 2.97. The molecule has 112 valence electrons. The molecular weight excluding hydrogens is 244 g/mol. The van der Waals surface area contributed by atoms with Crippen LogP contribution in [-0.4, -0.2) is 19.6 Å². The fourth-order valence-corrected chi connectivity index (χ4v) is 3.13. The second kappa shape index (κ2) is 7.68. The summed E-state index contributed by atoms with van der Waals surface area (Å²) in [6, 6.07) is 9.75. The second-order valence-corrected chi connectivity index (χ2v) is 6.02. The Hall–Kier alpha value is -1.02. The molecule has 1 fully saturated rings. The van der Waals surface area contributed by atoms with Crippen molar-refractivity contribution in [3.63, 3.8) is 0 Å². The van der Waals surface area contributed by atoms with Crippen molar-refractivity contribution < 1.29 is 0 Å². The molecule has 0 radical (unpaired) electrons. The van der Waals surface area contributed by atoms with Crippen LogP contribution in [0, 0.1) is 5.92 Å². The lowest BCUT2D eigenvalue weighted by Gasteiger charge is -2.21. The van der Waals surface area contributed by atoms with Gasteiger partial charge in [-0.15, -0.1) is 0 Å². The van der Waals surface area contributed by atoms with Gasteiger partial charge >= 0.3 is 0 Å². The normalized spacial score (nSPS) is 20.4. The van der Waals surface area contributed by atoms with Gasteiger partial charge in [-0.1, -0.05) is 39.3 Å². The predicted octanol–water partition coefficient (Wildman–Crippen LogP) is 4.37. The number of hydrogen-bond acceptors (Lipinski definition) is 2. The Bertz CT molecular complexity index is 364. The van der Waals surface area contributed by atoms with Gasteiger partial charge in [0.05, 0.1) is 0 Å². The van der Waals surface area contributed by atoms with E-state index in [1.165, 1.54) is 43.6 Å². The molecule has 20 heavy (non-hydrogen) atoms. The Morgan fingerprint density at radius 3 is 2.50 bits per heavy atom. The minimum atomic E-state index is 0.506. The Balaban J connectivity index is 1.98. The zero-order valence-electron chi connectivity index (χ0n) is 13.4. The van der Waals surface area contributed by atoms with Crippen LogP contribution in [0.15, 0.2) is 24.3 Å². The van der Waals surface area contributed by atoms with E-state index in [4.69, 9.17) is 0 Å². The summed E-state index contributed by atoms with van der Waals surface area (Å²) < 4.78 is 0. The van der Waals surface area contributed by atoms with Crippen LogP contribution >= 0.6 is 0 Å². The summed E-state index contributed by atoms with van der Waals surface area (Å²) in [6.07, 6.45) is 5.02. The summed E-state index contributed by atoms with van der Waals surface area (Å²) >= 11 is 0. The third-order valence-electron chi connectivity index (χ3n) is 4.57. The first-order chi connectivity index (χ1) is 9.78. The first-order valence-corrected chi connectivity index (χ1v) is 8.36. The highest BCUT2D eigenvalue weighted by Gasteiger charge is 2.21. The van der Waals surface area contributed by atoms with Crippen molar-refractivity contribution in [2.75, 3.05) is 24.5 Å². The molecule has 2 nitrogen and oxygen atoms in total. The topological polar surface area (TPSA) is 15.3 Å². The monoisotopic (exact) mass is 274 g/mol. The number of hydrogen-bond donors (Lipinski definition) is 1. The maximum Gasteiger partial charge on any atom is 0.0366 e. The molecule has 0 bridgehead atoms. The molecule has 2 unspecified atom stereocenters. The van der Waals surface area contributed by atoms with Gasteiger partial charge in [0.15, 0.2) is 0 Å². The molecule has 0 aliphatic carbocycles. The zero-order valence-corrected chi connectivity index (χ0v) is 13.4. The van der Waals surface area contributed by atoms with E-state index < -0.39 is 0 Å². The molecule has 1 aromatic carbocycles. The maximum absolute atomic E-state index is 3.63. The van der Waals surface area contributed by atoms with Crippen LogP contribution in [0.4, 0.5) is 5.69 Å². The predicted molar refractivity (Wildman–Crippen MR) is 88.4 cm³/mol. The molecule has 2 atom stereocenters. The number of anilines is 1. The van der Waals surface area contributed by atoms with Crippen molar-refractivity contribution in [1.82, 2.24) is 5.32 Å². The lowest BCUT2D eigenvalue weighted by Crippen LogP contribution is -2.22. The summed E-state index contributed by atoms with van der Waals surface area (Å²) in [5.41, 5.74) is 2.82. The first kappa shape index (κ1) is 15.4.